The molecule has 0 atom stereocenters. The van der Waals surface area contributed by atoms with Crippen LogP contribution in [0.1, 0.15) is 10.4 Å². The van der Waals surface area contributed by atoms with Crippen molar-refractivity contribution in [3.63, 3.8) is 0 Å². The molecular formula is C13H9FN4O. The van der Waals surface area contributed by atoms with Gasteiger partial charge in [0.2, 0.25) is 5.91 Å². The van der Waals surface area contributed by atoms with Crippen molar-refractivity contribution in [1.29, 1.82) is 0 Å². The van der Waals surface area contributed by atoms with Crippen LogP contribution < -0.4 is 5.73 Å². The fourth-order valence-corrected chi connectivity index (χ4v) is 1.89. The van der Waals surface area contributed by atoms with E-state index in [2.05, 4.69) is 15.2 Å². The molecule has 3 rings (SSSR count). The van der Waals surface area contributed by atoms with Crippen molar-refractivity contribution < 1.29 is 9.18 Å². The third-order valence-corrected chi connectivity index (χ3v) is 2.86. The van der Waals surface area contributed by atoms with Crippen LogP contribution in [0.2, 0.25) is 0 Å². The first-order valence-corrected chi connectivity index (χ1v) is 5.54. The highest BCUT2D eigenvalue weighted by Gasteiger charge is 2.10. The maximum Gasteiger partial charge on any atom is 0.248 e. The number of pyridine rings is 1. The van der Waals surface area contributed by atoms with Crippen LogP contribution in [0.5, 0.6) is 0 Å². The minimum Gasteiger partial charge on any atom is -0.366 e. The van der Waals surface area contributed by atoms with E-state index < -0.39 is 11.7 Å². The number of nitrogens with zero attached hydrogens (tertiary/aromatic N) is 2. The fourth-order valence-electron chi connectivity index (χ4n) is 1.89. The van der Waals surface area contributed by atoms with Gasteiger partial charge in [-0.3, -0.25) is 9.89 Å². The highest BCUT2D eigenvalue weighted by Crippen LogP contribution is 2.25. The van der Waals surface area contributed by atoms with E-state index in [0.717, 1.165) is 11.5 Å². The van der Waals surface area contributed by atoms with E-state index in [-0.39, 0.29) is 5.56 Å². The summed E-state index contributed by atoms with van der Waals surface area (Å²) >= 11 is 0. The molecule has 0 saturated heterocycles. The van der Waals surface area contributed by atoms with Crippen molar-refractivity contribution in [2.45, 2.75) is 0 Å². The van der Waals surface area contributed by atoms with Gasteiger partial charge in [0, 0.05) is 28.3 Å². The zero-order chi connectivity index (χ0) is 13.4. The minimum atomic E-state index is -0.658. The average molecular weight is 256 g/mol. The number of carbonyl (C=O) groups is 1. The number of H-pyrrole nitrogens is 1. The van der Waals surface area contributed by atoms with Crippen molar-refractivity contribution in [2.75, 3.05) is 0 Å². The number of amides is 1. The molecule has 0 spiro atoms. The molecule has 3 N–H and O–H groups in total. The van der Waals surface area contributed by atoms with Gasteiger partial charge in [-0.1, -0.05) is 6.07 Å². The Kier molecular flexibility index (Phi) is 2.49. The zero-order valence-corrected chi connectivity index (χ0v) is 9.72. The summed E-state index contributed by atoms with van der Waals surface area (Å²) in [4.78, 5) is 15.1. The fraction of sp³-hybridized carbons (Fsp3) is 0. The van der Waals surface area contributed by atoms with Crippen LogP contribution in [0.4, 0.5) is 4.39 Å². The van der Waals surface area contributed by atoms with Gasteiger partial charge in [0.1, 0.15) is 5.82 Å². The van der Waals surface area contributed by atoms with E-state index >= 15 is 0 Å². The number of benzene rings is 1. The number of halogens is 1. The molecule has 2 heterocycles. The molecule has 0 fully saturated rings. The smallest absolute Gasteiger partial charge is 0.248 e. The van der Waals surface area contributed by atoms with Crippen LogP contribution in [0.3, 0.4) is 0 Å². The highest BCUT2D eigenvalue weighted by molar-refractivity contribution is 5.93. The molecule has 94 valence electrons. The van der Waals surface area contributed by atoms with Gasteiger partial charge >= 0.3 is 0 Å². The van der Waals surface area contributed by atoms with Gasteiger partial charge in [0.15, 0.2) is 5.65 Å². The molecule has 0 aliphatic rings. The quantitative estimate of drug-likeness (QED) is 0.734. The second-order valence-electron chi connectivity index (χ2n) is 4.09. The van der Waals surface area contributed by atoms with Gasteiger partial charge in [-0.05, 0) is 18.2 Å². The van der Waals surface area contributed by atoms with Gasteiger partial charge in [0.05, 0.1) is 6.20 Å². The van der Waals surface area contributed by atoms with Crippen molar-refractivity contribution in [2.24, 2.45) is 5.73 Å². The lowest BCUT2D eigenvalue weighted by Gasteiger charge is -2.04. The lowest BCUT2D eigenvalue weighted by atomic mass is 10.0. The largest absolute Gasteiger partial charge is 0.366 e. The predicted octanol–water partition coefficient (Wildman–Crippen LogP) is 1.86. The Bertz CT molecular complexity index is 781. The lowest BCUT2D eigenvalue weighted by molar-refractivity contribution is 0.1000. The highest BCUT2D eigenvalue weighted by atomic mass is 19.1. The zero-order valence-electron chi connectivity index (χ0n) is 9.72. The lowest BCUT2D eigenvalue weighted by Crippen LogP contribution is -2.11. The summed E-state index contributed by atoms with van der Waals surface area (Å²) in [6, 6.07) is 5.89. The second kappa shape index (κ2) is 4.16. The van der Waals surface area contributed by atoms with Crippen LogP contribution in [-0.4, -0.2) is 21.1 Å². The molecule has 0 saturated carbocycles. The van der Waals surface area contributed by atoms with Gasteiger partial charge in [-0.25, -0.2) is 9.37 Å². The molecule has 2 aromatic heterocycles. The first-order chi connectivity index (χ1) is 9.15. The molecule has 6 heteroatoms. The molecule has 0 radical (unpaired) electrons. The number of carbonyl (C=O) groups excluding carboxylic acids is 1. The Morgan fingerprint density at radius 2 is 2.11 bits per heavy atom. The molecule has 19 heavy (non-hydrogen) atoms. The van der Waals surface area contributed by atoms with Gasteiger partial charge in [-0.15, -0.1) is 0 Å². The van der Waals surface area contributed by atoms with Gasteiger partial charge in [0.25, 0.3) is 0 Å². The summed E-state index contributed by atoms with van der Waals surface area (Å²) in [5, 5.41) is 7.36. The number of hydrogen-bond donors (Lipinski definition) is 2. The predicted molar refractivity (Wildman–Crippen MR) is 67.8 cm³/mol. The van der Waals surface area contributed by atoms with Crippen molar-refractivity contribution in [3.05, 3.63) is 48.0 Å². The topological polar surface area (TPSA) is 84.7 Å². The number of fused-ring (bicyclic) bond motifs is 1. The van der Waals surface area contributed by atoms with E-state index in [9.17, 15) is 9.18 Å². The number of hydrogen-bond acceptors (Lipinski definition) is 3. The van der Waals surface area contributed by atoms with E-state index in [0.29, 0.717) is 16.8 Å². The number of rotatable bonds is 2. The number of nitrogens with one attached hydrogen (secondary N) is 1. The molecule has 0 unspecified atom stereocenters. The monoisotopic (exact) mass is 256 g/mol. The Balaban J connectivity index is 2.12. The first kappa shape index (κ1) is 11.3. The molecule has 0 aliphatic heterocycles. The average Bonchev–Trinajstić information content (AvgIpc) is 2.85. The maximum atomic E-state index is 14.0. The molecular weight excluding hydrogens is 247 g/mol. The van der Waals surface area contributed by atoms with Crippen molar-refractivity contribution in [3.8, 4) is 11.1 Å². The Labute approximate surface area is 107 Å². The van der Waals surface area contributed by atoms with Gasteiger partial charge in [-0.2, -0.15) is 5.10 Å². The normalized spacial score (nSPS) is 10.8. The summed E-state index contributed by atoms with van der Waals surface area (Å²) in [7, 11) is 0. The standard InChI is InChI=1S/C13H9FN4O/c14-11-4-7(12(15)19)1-2-10(11)8-3-9-6-17-18-13(9)16-5-8/h1-6H,(H2,15,19)(H,16,17,18). The van der Waals surface area contributed by atoms with E-state index in [1.54, 1.807) is 18.5 Å². The molecule has 1 amide bonds. The van der Waals surface area contributed by atoms with Crippen LogP contribution in [0.15, 0.2) is 36.7 Å². The summed E-state index contributed by atoms with van der Waals surface area (Å²) in [5.41, 5.74) is 6.85. The molecule has 1 aromatic carbocycles. The first-order valence-electron chi connectivity index (χ1n) is 5.54. The summed E-state index contributed by atoms with van der Waals surface area (Å²) in [6.45, 7) is 0. The molecule has 0 bridgehead atoms. The number of aromatic amines is 1. The van der Waals surface area contributed by atoms with Crippen LogP contribution in [0.25, 0.3) is 22.2 Å². The third-order valence-electron chi connectivity index (χ3n) is 2.86. The van der Waals surface area contributed by atoms with Crippen molar-refractivity contribution >= 4 is 16.9 Å². The van der Waals surface area contributed by atoms with Crippen LogP contribution in [0, 0.1) is 5.82 Å². The summed E-state index contributed by atoms with van der Waals surface area (Å²) < 4.78 is 14.0. The van der Waals surface area contributed by atoms with Crippen LogP contribution >= 0.6 is 0 Å². The molecule has 0 aliphatic carbocycles. The Hall–Kier alpha value is -2.76. The van der Waals surface area contributed by atoms with Crippen molar-refractivity contribution in [1.82, 2.24) is 15.2 Å². The minimum absolute atomic E-state index is 0.138. The molecule has 3 aromatic rings. The second-order valence-corrected chi connectivity index (χ2v) is 4.09. The molecule has 5 nitrogen and oxygen atoms in total. The van der Waals surface area contributed by atoms with E-state index in [1.807, 2.05) is 0 Å². The Morgan fingerprint density at radius 1 is 1.26 bits per heavy atom. The van der Waals surface area contributed by atoms with Gasteiger partial charge < -0.3 is 5.73 Å². The maximum absolute atomic E-state index is 14.0. The van der Waals surface area contributed by atoms with E-state index in [4.69, 9.17) is 5.73 Å². The van der Waals surface area contributed by atoms with Crippen LogP contribution in [-0.2, 0) is 0 Å². The summed E-state index contributed by atoms with van der Waals surface area (Å²) in [6.07, 6.45) is 3.16. The van der Waals surface area contributed by atoms with E-state index in [1.165, 1.54) is 12.1 Å². The number of nitrogens with two attached hydrogens (primary N) is 1. The SMILES string of the molecule is NC(=O)c1ccc(-c2cnc3[nH]ncc3c2)c(F)c1. The number of aromatic nitrogens is 3. The third kappa shape index (κ3) is 1.93. The number of primary amides is 1. The Morgan fingerprint density at radius 3 is 2.84 bits per heavy atom. The summed E-state index contributed by atoms with van der Waals surface area (Å²) in [5.74, 6) is -1.17.